The second-order valence-corrected chi connectivity index (χ2v) is 9.96. The first-order valence-corrected chi connectivity index (χ1v) is 13.0. The topological polar surface area (TPSA) is 102 Å². The van der Waals surface area contributed by atoms with Gasteiger partial charge in [-0.15, -0.1) is 0 Å². The molecule has 1 unspecified atom stereocenters. The molecule has 0 aliphatic heterocycles. The largest absolute Gasteiger partial charge is 0.467 e. The van der Waals surface area contributed by atoms with Gasteiger partial charge in [0.25, 0.3) is 5.91 Å². The van der Waals surface area contributed by atoms with Crippen LogP contribution in [0.2, 0.25) is 0 Å². The van der Waals surface area contributed by atoms with Crippen LogP contribution in [0.15, 0.2) is 82.8 Å². The molecular formula is C24H24N2O5S2. The molecule has 1 N–H and O–H groups in total. The Labute approximate surface area is 197 Å². The molecule has 0 saturated heterocycles. The van der Waals surface area contributed by atoms with Gasteiger partial charge in [-0.3, -0.25) is 4.79 Å². The maximum Gasteiger partial charge on any atom is 0.328 e. The van der Waals surface area contributed by atoms with Crippen LogP contribution in [-0.4, -0.2) is 50.4 Å². The number of hydrogen-bond donors (Lipinski definition) is 1. The number of thioether (sulfide) groups is 1. The van der Waals surface area contributed by atoms with E-state index < -0.39 is 27.8 Å². The molecule has 1 atom stereocenters. The summed E-state index contributed by atoms with van der Waals surface area (Å²) in [6.45, 7) is 0. The average Bonchev–Trinajstić information content (AvgIpc) is 2.86. The van der Waals surface area contributed by atoms with Crippen molar-refractivity contribution in [1.82, 2.24) is 10.3 Å². The molecule has 172 valence electrons. The van der Waals surface area contributed by atoms with Gasteiger partial charge < -0.3 is 10.1 Å². The molecule has 0 fully saturated rings. The number of nitrogens with zero attached hydrogens (tertiary/aromatic N) is 1. The number of pyridine rings is 1. The van der Waals surface area contributed by atoms with E-state index in [0.29, 0.717) is 23.3 Å². The van der Waals surface area contributed by atoms with Crippen molar-refractivity contribution in [2.24, 2.45) is 0 Å². The first-order chi connectivity index (χ1) is 15.9. The Morgan fingerprint density at radius 2 is 1.79 bits per heavy atom. The summed E-state index contributed by atoms with van der Waals surface area (Å²) >= 11 is 1.55. The fourth-order valence-corrected chi connectivity index (χ4v) is 4.93. The number of ether oxygens (including phenoxy) is 1. The number of hydrogen-bond acceptors (Lipinski definition) is 7. The van der Waals surface area contributed by atoms with Gasteiger partial charge in [0.2, 0.25) is 9.84 Å². The van der Waals surface area contributed by atoms with E-state index in [1.54, 1.807) is 48.2 Å². The number of amides is 1. The fraction of sp³-hybridized carbons (Fsp3) is 0.208. The second-order valence-electron chi connectivity index (χ2n) is 7.08. The van der Waals surface area contributed by atoms with Crippen molar-refractivity contribution in [2.75, 3.05) is 19.1 Å². The van der Waals surface area contributed by atoms with E-state index in [4.69, 9.17) is 4.74 Å². The van der Waals surface area contributed by atoms with E-state index in [1.165, 1.54) is 37.6 Å². The van der Waals surface area contributed by atoms with Gasteiger partial charge in [-0.05, 0) is 59.9 Å². The zero-order chi connectivity index (χ0) is 23.8. The third kappa shape index (κ3) is 5.80. The first kappa shape index (κ1) is 24.5. The van der Waals surface area contributed by atoms with Crippen molar-refractivity contribution < 1.29 is 22.7 Å². The molecule has 33 heavy (non-hydrogen) atoms. The zero-order valence-corrected chi connectivity index (χ0v) is 19.9. The lowest BCUT2D eigenvalue weighted by Gasteiger charge is -2.18. The summed E-state index contributed by atoms with van der Waals surface area (Å²) in [5.41, 5.74) is 1.34. The summed E-state index contributed by atoms with van der Waals surface area (Å²) in [6.07, 6.45) is 3.73. The third-order valence-corrected chi connectivity index (χ3v) is 7.26. The summed E-state index contributed by atoms with van der Waals surface area (Å²) in [7, 11) is -2.61. The molecule has 2 aromatic carbocycles. The molecule has 1 aromatic heterocycles. The SMILES string of the molecule is COC(=O)C(CCSC)NC(=O)c1ccc(S(=O)(=O)c2ccccn2)cc1-c1ccccc1. The van der Waals surface area contributed by atoms with Crippen LogP contribution in [0.1, 0.15) is 16.8 Å². The van der Waals surface area contributed by atoms with E-state index in [1.807, 2.05) is 12.3 Å². The molecule has 3 rings (SSSR count). The highest BCUT2D eigenvalue weighted by molar-refractivity contribution is 7.98. The van der Waals surface area contributed by atoms with Crippen LogP contribution in [0.25, 0.3) is 11.1 Å². The number of nitrogens with one attached hydrogen (secondary N) is 1. The normalized spacial score (nSPS) is 12.1. The van der Waals surface area contributed by atoms with Crippen molar-refractivity contribution in [3.8, 4) is 11.1 Å². The van der Waals surface area contributed by atoms with Crippen molar-refractivity contribution in [1.29, 1.82) is 0 Å². The lowest BCUT2D eigenvalue weighted by Crippen LogP contribution is -2.42. The Hall–Kier alpha value is -3.17. The summed E-state index contributed by atoms with van der Waals surface area (Å²) in [5.74, 6) is -0.368. The molecule has 1 heterocycles. The van der Waals surface area contributed by atoms with Crippen LogP contribution in [0, 0.1) is 0 Å². The molecule has 0 aliphatic carbocycles. The standard InChI is InChI=1S/C24H24N2O5S2/c1-31-24(28)21(13-15-32-2)26-23(27)19-12-11-18(16-20(19)17-8-4-3-5-9-17)33(29,30)22-10-6-7-14-25-22/h3-12,14,16,21H,13,15H2,1-2H3,(H,26,27). The monoisotopic (exact) mass is 484 g/mol. The van der Waals surface area contributed by atoms with Crippen LogP contribution >= 0.6 is 11.8 Å². The van der Waals surface area contributed by atoms with Gasteiger partial charge in [0, 0.05) is 11.8 Å². The molecule has 3 aromatic rings. The highest BCUT2D eigenvalue weighted by atomic mass is 32.2. The van der Waals surface area contributed by atoms with Crippen LogP contribution < -0.4 is 5.32 Å². The number of sulfone groups is 1. The second kappa shape index (κ2) is 11.1. The number of carbonyl (C=O) groups is 2. The number of rotatable bonds is 9. The Morgan fingerprint density at radius 1 is 1.06 bits per heavy atom. The quantitative estimate of drug-likeness (QED) is 0.463. The van der Waals surface area contributed by atoms with E-state index in [2.05, 4.69) is 10.3 Å². The van der Waals surface area contributed by atoms with Crippen LogP contribution in [0.5, 0.6) is 0 Å². The summed E-state index contributed by atoms with van der Waals surface area (Å²) < 4.78 is 31.0. The Balaban J connectivity index is 2.05. The van der Waals surface area contributed by atoms with Gasteiger partial charge in [0.15, 0.2) is 5.03 Å². The molecule has 0 aliphatic rings. The number of aromatic nitrogens is 1. The Morgan fingerprint density at radius 3 is 2.42 bits per heavy atom. The first-order valence-electron chi connectivity index (χ1n) is 10.1. The third-order valence-electron chi connectivity index (χ3n) is 4.95. The number of esters is 1. The number of methoxy groups -OCH3 is 1. The van der Waals surface area contributed by atoms with Gasteiger partial charge in [-0.25, -0.2) is 18.2 Å². The smallest absolute Gasteiger partial charge is 0.328 e. The van der Waals surface area contributed by atoms with Crippen molar-refractivity contribution in [2.45, 2.75) is 22.4 Å². The molecule has 0 bridgehead atoms. The molecule has 0 saturated carbocycles. The predicted molar refractivity (Wildman–Crippen MR) is 128 cm³/mol. The maximum atomic E-state index is 13.2. The van der Waals surface area contributed by atoms with E-state index in [0.717, 1.165) is 0 Å². The van der Waals surface area contributed by atoms with Gasteiger partial charge in [-0.1, -0.05) is 36.4 Å². The van der Waals surface area contributed by atoms with Crippen molar-refractivity contribution >= 4 is 33.5 Å². The Bertz CT molecular complexity index is 1220. The summed E-state index contributed by atoms with van der Waals surface area (Å²) in [4.78, 5) is 29.3. The lowest BCUT2D eigenvalue weighted by atomic mass is 9.99. The highest BCUT2D eigenvalue weighted by Gasteiger charge is 2.25. The minimum atomic E-state index is -3.88. The van der Waals surface area contributed by atoms with Crippen LogP contribution in [0.3, 0.4) is 0 Å². The van der Waals surface area contributed by atoms with Crippen LogP contribution in [0.4, 0.5) is 0 Å². The van der Waals surface area contributed by atoms with Crippen LogP contribution in [-0.2, 0) is 19.4 Å². The fourth-order valence-electron chi connectivity index (χ4n) is 3.23. The maximum absolute atomic E-state index is 13.2. The van der Waals surface area contributed by atoms with Gasteiger partial charge >= 0.3 is 5.97 Å². The number of benzene rings is 2. The average molecular weight is 485 g/mol. The van der Waals surface area contributed by atoms with E-state index in [-0.39, 0.29) is 15.5 Å². The van der Waals surface area contributed by atoms with E-state index in [9.17, 15) is 18.0 Å². The van der Waals surface area contributed by atoms with Crippen molar-refractivity contribution in [3.63, 3.8) is 0 Å². The van der Waals surface area contributed by atoms with Gasteiger partial charge in [0.1, 0.15) is 6.04 Å². The molecular weight excluding hydrogens is 460 g/mol. The summed E-state index contributed by atoms with van der Waals surface area (Å²) in [6, 6.07) is 17.1. The summed E-state index contributed by atoms with van der Waals surface area (Å²) in [5, 5.41) is 2.65. The Kier molecular flexibility index (Phi) is 8.24. The minimum absolute atomic E-state index is 0.0171. The molecule has 1 amide bonds. The van der Waals surface area contributed by atoms with Gasteiger partial charge in [0.05, 0.1) is 12.0 Å². The van der Waals surface area contributed by atoms with Gasteiger partial charge in [-0.2, -0.15) is 11.8 Å². The minimum Gasteiger partial charge on any atom is -0.467 e. The van der Waals surface area contributed by atoms with E-state index >= 15 is 0 Å². The molecule has 0 spiro atoms. The highest BCUT2D eigenvalue weighted by Crippen LogP contribution is 2.29. The molecule has 7 nitrogen and oxygen atoms in total. The predicted octanol–water partition coefficient (Wildman–Crippen LogP) is 3.61. The van der Waals surface area contributed by atoms with Crippen molar-refractivity contribution in [3.05, 3.63) is 78.5 Å². The molecule has 0 radical (unpaired) electrons. The lowest BCUT2D eigenvalue weighted by molar-refractivity contribution is -0.142. The number of carbonyl (C=O) groups excluding carboxylic acids is 2. The molecule has 9 heteroatoms. The zero-order valence-electron chi connectivity index (χ0n) is 18.2.